The highest BCUT2D eigenvalue weighted by Gasteiger charge is 2.27. The smallest absolute Gasteiger partial charge is 0.153 e. The fourth-order valence-electron chi connectivity index (χ4n) is 2.91. The molecule has 2 atom stereocenters. The summed E-state index contributed by atoms with van der Waals surface area (Å²) >= 11 is 0. The highest BCUT2D eigenvalue weighted by atomic mass is 16.3. The van der Waals surface area contributed by atoms with E-state index in [0.717, 1.165) is 18.1 Å². The number of H-pyrrole nitrogens is 1. The summed E-state index contributed by atoms with van der Waals surface area (Å²) in [5.41, 5.74) is 0. The van der Waals surface area contributed by atoms with Crippen LogP contribution in [0.15, 0.2) is 0 Å². The molecule has 5 nitrogen and oxygen atoms in total. The Kier molecular flexibility index (Phi) is 3.11. The lowest BCUT2D eigenvalue weighted by Crippen LogP contribution is -2.16. The third kappa shape index (κ3) is 2.35. The summed E-state index contributed by atoms with van der Waals surface area (Å²) < 4.78 is 0. The van der Waals surface area contributed by atoms with Gasteiger partial charge >= 0.3 is 0 Å². The molecule has 0 amide bonds. The first kappa shape index (κ1) is 11.2. The van der Waals surface area contributed by atoms with Gasteiger partial charge in [-0.15, -0.1) is 0 Å². The van der Waals surface area contributed by atoms with Crippen LogP contribution in [0.25, 0.3) is 0 Å². The number of aromatic amines is 1. The highest BCUT2D eigenvalue weighted by Crippen LogP contribution is 2.31. The first-order valence-corrected chi connectivity index (χ1v) is 6.66. The fourth-order valence-corrected chi connectivity index (χ4v) is 2.91. The van der Waals surface area contributed by atoms with Crippen LogP contribution >= 0.6 is 0 Å². The van der Waals surface area contributed by atoms with E-state index >= 15 is 0 Å². The number of nitrogens with one attached hydrogen (secondary N) is 2. The molecule has 2 heterocycles. The van der Waals surface area contributed by atoms with E-state index in [-0.39, 0.29) is 12.1 Å². The third-order valence-corrected chi connectivity index (χ3v) is 3.93. The second kappa shape index (κ2) is 4.74. The molecule has 0 unspecified atom stereocenters. The number of aliphatic hydroxyl groups excluding tert-OH is 1. The molecule has 1 saturated heterocycles. The van der Waals surface area contributed by atoms with Gasteiger partial charge in [-0.05, 0) is 19.3 Å². The lowest BCUT2D eigenvalue weighted by Gasteiger charge is -2.18. The summed E-state index contributed by atoms with van der Waals surface area (Å²) in [6.45, 7) is 0.657. The molecule has 0 radical (unpaired) electrons. The Hall–Kier alpha value is -0.940. The Balaban J connectivity index is 1.69. The second-order valence-electron chi connectivity index (χ2n) is 5.26. The van der Waals surface area contributed by atoms with E-state index in [1.54, 1.807) is 0 Å². The van der Waals surface area contributed by atoms with Crippen molar-refractivity contribution in [3.8, 4) is 0 Å². The number of rotatable bonds is 2. The quantitative estimate of drug-likeness (QED) is 0.722. The third-order valence-electron chi connectivity index (χ3n) is 3.93. The van der Waals surface area contributed by atoms with Gasteiger partial charge in [0, 0.05) is 12.5 Å². The maximum Gasteiger partial charge on any atom is 0.153 e. The van der Waals surface area contributed by atoms with Crippen LogP contribution in [0.3, 0.4) is 0 Å². The molecule has 5 heteroatoms. The van der Waals surface area contributed by atoms with Gasteiger partial charge in [0.2, 0.25) is 0 Å². The zero-order valence-electron chi connectivity index (χ0n) is 10.0. The molecule has 0 bridgehead atoms. The monoisotopic (exact) mass is 236 g/mol. The molecule has 1 aliphatic carbocycles. The van der Waals surface area contributed by atoms with Crippen molar-refractivity contribution >= 4 is 0 Å². The average molecular weight is 236 g/mol. The van der Waals surface area contributed by atoms with Crippen LogP contribution in [0, 0.1) is 0 Å². The number of aromatic nitrogens is 3. The number of aliphatic hydroxyl groups is 1. The largest absolute Gasteiger partial charge is 0.392 e. The minimum Gasteiger partial charge on any atom is -0.392 e. The molecule has 3 rings (SSSR count). The van der Waals surface area contributed by atoms with Crippen LogP contribution in [0.2, 0.25) is 0 Å². The molecule has 0 spiro atoms. The molecule has 94 valence electrons. The average Bonchev–Trinajstić information content (AvgIpc) is 2.98. The standard InChI is InChI=1S/C12H20N4O/c17-9-6-10(13-7-9)12-14-11(15-16-12)8-4-2-1-3-5-8/h8-10,13,17H,1-7H2,(H,14,15,16)/t9-,10-/m0/s1. The molecule has 2 aliphatic rings. The highest BCUT2D eigenvalue weighted by molar-refractivity contribution is 5.04. The van der Waals surface area contributed by atoms with Crippen molar-refractivity contribution in [1.82, 2.24) is 20.5 Å². The molecule has 1 saturated carbocycles. The van der Waals surface area contributed by atoms with E-state index in [0.29, 0.717) is 12.5 Å². The van der Waals surface area contributed by atoms with E-state index < -0.39 is 0 Å². The first-order chi connectivity index (χ1) is 8.33. The Morgan fingerprint density at radius 1 is 1.18 bits per heavy atom. The molecule has 1 aromatic rings. The van der Waals surface area contributed by atoms with Crippen LogP contribution < -0.4 is 5.32 Å². The van der Waals surface area contributed by atoms with Crippen molar-refractivity contribution in [3.05, 3.63) is 11.6 Å². The van der Waals surface area contributed by atoms with Crippen LogP contribution in [0.5, 0.6) is 0 Å². The Labute approximate surface area is 101 Å². The van der Waals surface area contributed by atoms with E-state index in [1.165, 1.54) is 32.1 Å². The van der Waals surface area contributed by atoms with Crippen LogP contribution in [0.4, 0.5) is 0 Å². The molecule has 17 heavy (non-hydrogen) atoms. The summed E-state index contributed by atoms with van der Waals surface area (Å²) in [7, 11) is 0. The van der Waals surface area contributed by atoms with Crippen LogP contribution in [0.1, 0.15) is 62.1 Å². The van der Waals surface area contributed by atoms with Crippen molar-refractivity contribution < 1.29 is 5.11 Å². The zero-order valence-corrected chi connectivity index (χ0v) is 10.0. The normalized spacial score (nSPS) is 30.9. The lowest BCUT2D eigenvalue weighted by atomic mass is 9.89. The molecular weight excluding hydrogens is 216 g/mol. The summed E-state index contributed by atoms with van der Waals surface area (Å²) in [6.07, 6.45) is 6.88. The lowest BCUT2D eigenvalue weighted by molar-refractivity contribution is 0.193. The first-order valence-electron chi connectivity index (χ1n) is 6.66. The van der Waals surface area contributed by atoms with Gasteiger partial charge in [-0.25, -0.2) is 4.98 Å². The maximum absolute atomic E-state index is 9.49. The number of hydrogen-bond acceptors (Lipinski definition) is 4. The van der Waals surface area contributed by atoms with E-state index in [4.69, 9.17) is 0 Å². The van der Waals surface area contributed by atoms with Gasteiger partial charge in [0.25, 0.3) is 0 Å². The van der Waals surface area contributed by atoms with Gasteiger partial charge in [-0.3, -0.25) is 5.10 Å². The van der Waals surface area contributed by atoms with Gasteiger partial charge in [0.05, 0.1) is 12.1 Å². The van der Waals surface area contributed by atoms with E-state index in [9.17, 15) is 5.11 Å². The molecule has 0 aromatic carbocycles. The summed E-state index contributed by atoms with van der Waals surface area (Å²) in [4.78, 5) is 4.61. The van der Waals surface area contributed by atoms with Gasteiger partial charge in [-0.1, -0.05) is 19.3 Å². The molecule has 1 aromatic heterocycles. The number of hydrogen-bond donors (Lipinski definition) is 3. The fraction of sp³-hybridized carbons (Fsp3) is 0.833. The van der Waals surface area contributed by atoms with Gasteiger partial charge in [-0.2, -0.15) is 5.10 Å². The molecule has 1 aliphatic heterocycles. The Bertz CT molecular complexity index is 353. The van der Waals surface area contributed by atoms with Gasteiger partial charge in [0.1, 0.15) is 5.82 Å². The van der Waals surface area contributed by atoms with Gasteiger partial charge in [0.15, 0.2) is 5.82 Å². The second-order valence-corrected chi connectivity index (χ2v) is 5.26. The van der Waals surface area contributed by atoms with E-state index in [2.05, 4.69) is 20.5 Å². The number of β-amino-alcohol motifs (C(OH)–C–C–N with tert-alkyl or cyclic N) is 1. The zero-order chi connectivity index (χ0) is 11.7. The van der Waals surface area contributed by atoms with E-state index in [1.807, 2.05) is 0 Å². The minimum absolute atomic E-state index is 0.148. The molecular formula is C12H20N4O. The van der Waals surface area contributed by atoms with Crippen molar-refractivity contribution in [2.75, 3.05) is 6.54 Å². The topological polar surface area (TPSA) is 73.8 Å². The SMILES string of the molecule is O[C@@H]1CN[C@H](c2nc(C3CCCCC3)n[nH]2)C1. The minimum atomic E-state index is -0.247. The van der Waals surface area contributed by atoms with Crippen molar-refractivity contribution in [3.63, 3.8) is 0 Å². The number of nitrogens with zero attached hydrogens (tertiary/aromatic N) is 2. The predicted molar refractivity (Wildman–Crippen MR) is 63.6 cm³/mol. The Morgan fingerprint density at radius 2 is 2.00 bits per heavy atom. The summed E-state index contributed by atoms with van der Waals surface area (Å²) in [5.74, 6) is 2.41. The molecule has 2 fully saturated rings. The summed E-state index contributed by atoms with van der Waals surface area (Å²) in [6, 6.07) is 0.148. The van der Waals surface area contributed by atoms with Crippen molar-refractivity contribution in [2.45, 2.75) is 56.6 Å². The van der Waals surface area contributed by atoms with Crippen molar-refractivity contribution in [1.29, 1.82) is 0 Å². The predicted octanol–water partition coefficient (Wildman–Crippen LogP) is 1.25. The van der Waals surface area contributed by atoms with Crippen LogP contribution in [-0.2, 0) is 0 Å². The summed E-state index contributed by atoms with van der Waals surface area (Å²) in [5, 5.41) is 20.1. The maximum atomic E-state index is 9.49. The Morgan fingerprint density at radius 3 is 2.71 bits per heavy atom. The van der Waals surface area contributed by atoms with Crippen LogP contribution in [-0.4, -0.2) is 32.9 Å². The molecule has 3 N–H and O–H groups in total. The van der Waals surface area contributed by atoms with Crippen molar-refractivity contribution in [2.24, 2.45) is 0 Å². The van der Waals surface area contributed by atoms with Gasteiger partial charge < -0.3 is 10.4 Å².